The lowest BCUT2D eigenvalue weighted by Gasteiger charge is -2.23. The van der Waals surface area contributed by atoms with Crippen molar-refractivity contribution >= 4 is 12.0 Å². The number of fused-ring (bicyclic) bond motifs is 1. The van der Waals surface area contributed by atoms with Crippen molar-refractivity contribution in [3.05, 3.63) is 34.9 Å². The Morgan fingerprint density at radius 2 is 2.41 bits per heavy atom. The van der Waals surface area contributed by atoms with Gasteiger partial charge in [0.05, 0.1) is 7.11 Å². The van der Waals surface area contributed by atoms with Crippen LogP contribution in [0, 0.1) is 5.92 Å². The maximum Gasteiger partial charge on any atom is 0.323 e. The molecule has 1 aliphatic rings. The molecular formula is C13H14N2O2. The number of methoxy groups -OCH3 is 1. The van der Waals surface area contributed by atoms with Gasteiger partial charge in [0.15, 0.2) is 0 Å². The summed E-state index contributed by atoms with van der Waals surface area (Å²) in [5, 5.41) is 0. The lowest BCUT2D eigenvalue weighted by atomic mass is 9.81. The molecule has 1 aromatic carbocycles. The number of aryl methyl sites for hydroxylation is 1. The molecule has 1 aliphatic carbocycles. The van der Waals surface area contributed by atoms with E-state index in [1.165, 1.54) is 5.56 Å². The predicted molar refractivity (Wildman–Crippen MR) is 63.2 cm³/mol. The van der Waals surface area contributed by atoms with Crippen LogP contribution in [-0.2, 0) is 17.6 Å². The highest BCUT2D eigenvalue weighted by Gasteiger charge is 2.27. The van der Waals surface area contributed by atoms with Crippen molar-refractivity contribution < 1.29 is 14.3 Å². The van der Waals surface area contributed by atoms with Crippen molar-refractivity contribution in [3.63, 3.8) is 0 Å². The molecule has 0 aliphatic heterocycles. The minimum atomic E-state index is -0.121. The van der Waals surface area contributed by atoms with E-state index < -0.39 is 0 Å². The lowest BCUT2D eigenvalue weighted by molar-refractivity contribution is -0.119. The van der Waals surface area contributed by atoms with Crippen LogP contribution in [0.1, 0.15) is 17.5 Å². The number of carbonyl (C=O) groups is 1. The number of ketones is 1. The number of ether oxygens (including phenoxy) is 1. The Labute approximate surface area is 99.8 Å². The average molecular weight is 230 g/mol. The molecule has 17 heavy (non-hydrogen) atoms. The zero-order valence-corrected chi connectivity index (χ0v) is 9.72. The fourth-order valence-corrected chi connectivity index (χ4v) is 2.35. The van der Waals surface area contributed by atoms with E-state index in [2.05, 4.69) is 10.9 Å². The minimum Gasteiger partial charge on any atom is -0.496 e. The number of hydrogen-bond acceptors (Lipinski definition) is 2. The Morgan fingerprint density at radius 3 is 3.12 bits per heavy atom. The van der Waals surface area contributed by atoms with E-state index in [1.54, 1.807) is 7.11 Å². The third kappa shape index (κ3) is 2.27. The van der Waals surface area contributed by atoms with Gasteiger partial charge in [0.25, 0.3) is 0 Å². The number of Topliss-reactive ketones (excluding diaryl/α,β-unsaturated/α-hetero) is 1. The lowest BCUT2D eigenvalue weighted by Crippen LogP contribution is -2.24. The predicted octanol–water partition coefficient (Wildman–Crippen LogP) is 1.67. The number of rotatable bonds is 3. The first kappa shape index (κ1) is 11.6. The van der Waals surface area contributed by atoms with E-state index in [0.717, 1.165) is 30.4 Å². The summed E-state index contributed by atoms with van der Waals surface area (Å²) in [6.07, 6.45) is 3.31. The minimum absolute atomic E-state index is 0.102. The molecule has 0 bridgehead atoms. The molecule has 1 atom stereocenters. The van der Waals surface area contributed by atoms with Gasteiger partial charge in [-0.25, -0.2) is 0 Å². The van der Waals surface area contributed by atoms with E-state index in [-0.39, 0.29) is 11.7 Å². The molecule has 88 valence electrons. The Morgan fingerprint density at radius 1 is 1.59 bits per heavy atom. The SMILES string of the molecule is COc1cccc2c1CC(C(=O)C=[N+]=[N-])CC2. The topological polar surface area (TPSA) is 62.7 Å². The van der Waals surface area contributed by atoms with E-state index in [4.69, 9.17) is 10.3 Å². The first-order valence-corrected chi connectivity index (χ1v) is 5.62. The van der Waals surface area contributed by atoms with Crippen molar-refractivity contribution in [2.24, 2.45) is 5.92 Å². The van der Waals surface area contributed by atoms with E-state index >= 15 is 0 Å². The van der Waals surface area contributed by atoms with Crippen LogP contribution in [0.15, 0.2) is 18.2 Å². The van der Waals surface area contributed by atoms with Crippen molar-refractivity contribution in [2.45, 2.75) is 19.3 Å². The largest absolute Gasteiger partial charge is 0.496 e. The molecule has 0 aromatic heterocycles. The molecule has 4 heteroatoms. The molecule has 0 saturated carbocycles. The highest BCUT2D eigenvalue weighted by Crippen LogP contribution is 2.32. The average Bonchev–Trinajstić information content (AvgIpc) is 2.37. The van der Waals surface area contributed by atoms with Gasteiger partial charge in [-0.05, 0) is 36.5 Å². The molecular weight excluding hydrogens is 216 g/mol. The molecule has 1 aromatic rings. The van der Waals surface area contributed by atoms with Gasteiger partial charge < -0.3 is 10.3 Å². The second-order valence-corrected chi connectivity index (χ2v) is 4.18. The molecule has 0 spiro atoms. The van der Waals surface area contributed by atoms with Crippen molar-refractivity contribution in [3.8, 4) is 5.75 Å². The molecule has 0 amide bonds. The summed E-state index contributed by atoms with van der Waals surface area (Å²) in [4.78, 5) is 14.5. The van der Waals surface area contributed by atoms with Crippen molar-refractivity contribution in [2.75, 3.05) is 7.11 Å². The molecule has 0 radical (unpaired) electrons. The van der Waals surface area contributed by atoms with Gasteiger partial charge in [0.1, 0.15) is 5.75 Å². The Hall–Kier alpha value is -1.93. The highest BCUT2D eigenvalue weighted by atomic mass is 16.5. The summed E-state index contributed by atoms with van der Waals surface area (Å²) >= 11 is 0. The normalized spacial score (nSPS) is 17.8. The molecule has 2 rings (SSSR count). The molecule has 0 heterocycles. The highest BCUT2D eigenvalue weighted by molar-refractivity contribution is 6.26. The van der Waals surface area contributed by atoms with Crippen LogP contribution in [0.4, 0.5) is 0 Å². The zero-order chi connectivity index (χ0) is 12.3. The summed E-state index contributed by atoms with van der Waals surface area (Å²) in [6.45, 7) is 0. The molecule has 4 nitrogen and oxygen atoms in total. The van der Waals surface area contributed by atoms with Crippen LogP contribution in [0.25, 0.3) is 5.53 Å². The summed E-state index contributed by atoms with van der Waals surface area (Å²) < 4.78 is 5.31. The van der Waals surface area contributed by atoms with Gasteiger partial charge in [-0.15, -0.1) is 0 Å². The van der Waals surface area contributed by atoms with Crippen LogP contribution < -0.4 is 4.74 Å². The van der Waals surface area contributed by atoms with Gasteiger partial charge in [0.2, 0.25) is 5.78 Å². The van der Waals surface area contributed by atoms with Crippen LogP contribution in [0.5, 0.6) is 5.75 Å². The standard InChI is InChI=1S/C13H14N2O2/c1-17-13-4-2-3-9-5-6-10(7-11(9)13)12(16)8-15-14/h2-4,8,10H,5-7H2,1H3. The Kier molecular flexibility index (Phi) is 3.35. The van der Waals surface area contributed by atoms with Gasteiger partial charge in [0, 0.05) is 5.92 Å². The number of carbonyl (C=O) groups excluding carboxylic acids is 1. The van der Waals surface area contributed by atoms with Crippen molar-refractivity contribution in [1.82, 2.24) is 0 Å². The monoisotopic (exact) mass is 230 g/mol. The fraction of sp³-hybridized carbons (Fsp3) is 0.385. The number of benzene rings is 1. The summed E-state index contributed by atoms with van der Waals surface area (Å²) in [5.74, 6) is 0.611. The molecule has 0 fully saturated rings. The summed E-state index contributed by atoms with van der Waals surface area (Å²) in [6, 6.07) is 5.94. The van der Waals surface area contributed by atoms with Crippen LogP contribution in [0.2, 0.25) is 0 Å². The van der Waals surface area contributed by atoms with Crippen molar-refractivity contribution in [1.29, 1.82) is 0 Å². The quantitative estimate of drug-likeness (QED) is 0.450. The second kappa shape index (κ2) is 4.93. The summed E-state index contributed by atoms with van der Waals surface area (Å²) in [5.41, 5.74) is 10.7. The first-order valence-electron chi connectivity index (χ1n) is 5.62. The third-order valence-electron chi connectivity index (χ3n) is 3.25. The number of nitrogens with zero attached hydrogens (tertiary/aromatic N) is 2. The molecule has 1 unspecified atom stereocenters. The van der Waals surface area contributed by atoms with E-state index in [9.17, 15) is 4.79 Å². The van der Waals surface area contributed by atoms with Crippen LogP contribution >= 0.6 is 0 Å². The maximum atomic E-state index is 11.7. The molecule has 0 saturated heterocycles. The molecule has 0 N–H and O–H groups in total. The first-order chi connectivity index (χ1) is 8.26. The fourth-order valence-electron chi connectivity index (χ4n) is 2.35. The van der Waals surface area contributed by atoms with Crippen LogP contribution in [-0.4, -0.2) is 23.9 Å². The number of hydrogen-bond donors (Lipinski definition) is 0. The Bertz CT molecular complexity index is 476. The maximum absolute atomic E-state index is 11.7. The van der Waals surface area contributed by atoms with Gasteiger partial charge in [-0.1, -0.05) is 12.1 Å². The smallest absolute Gasteiger partial charge is 0.323 e. The van der Waals surface area contributed by atoms with Gasteiger partial charge in [-0.3, -0.25) is 4.79 Å². The third-order valence-corrected chi connectivity index (χ3v) is 3.25. The second-order valence-electron chi connectivity index (χ2n) is 4.18. The van der Waals surface area contributed by atoms with Crippen LogP contribution in [0.3, 0.4) is 0 Å². The van der Waals surface area contributed by atoms with Gasteiger partial charge >= 0.3 is 6.21 Å². The van der Waals surface area contributed by atoms with E-state index in [1.807, 2.05) is 12.1 Å². The summed E-state index contributed by atoms with van der Waals surface area (Å²) in [7, 11) is 1.64. The van der Waals surface area contributed by atoms with Gasteiger partial charge in [-0.2, -0.15) is 4.79 Å². The Balaban J connectivity index is 2.28. The van der Waals surface area contributed by atoms with E-state index in [0.29, 0.717) is 6.42 Å². The zero-order valence-electron chi connectivity index (χ0n) is 9.72.